The molecule has 1 rings (SSSR count). The quantitative estimate of drug-likeness (QED) is 0.699. The highest BCUT2D eigenvalue weighted by atomic mass is 19.4. The first kappa shape index (κ1) is 20.3. The van der Waals surface area contributed by atoms with Crippen LogP contribution in [0.3, 0.4) is 0 Å². The summed E-state index contributed by atoms with van der Waals surface area (Å²) in [6, 6.07) is 4.37. The van der Waals surface area contributed by atoms with Crippen LogP contribution < -0.4 is 10.1 Å². The molecule has 0 aliphatic carbocycles. The monoisotopic (exact) mass is 346 g/mol. The molecule has 0 unspecified atom stereocenters. The van der Waals surface area contributed by atoms with Crippen LogP contribution in [0, 0.1) is 0 Å². The molecule has 0 fully saturated rings. The number of rotatable bonds is 9. The molecule has 0 heterocycles. The van der Waals surface area contributed by atoms with E-state index in [2.05, 4.69) is 5.32 Å². The van der Waals surface area contributed by atoms with Gasteiger partial charge in [0.2, 0.25) is 5.91 Å². The van der Waals surface area contributed by atoms with Crippen molar-refractivity contribution in [3.05, 3.63) is 29.3 Å². The van der Waals surface area contributed by atoms with Gasteiger partial charge in [-0.15, -0.1) is 0 Å². The Balaban J connectivity index is 2.78. The summed E-state index contributed by atoms with van der Waals surface area (Å²) < 4.78 is 45.5. The molecule has 0 radical (unpaired) electrons. The number of alkyl halides is 3. The molecule has 0 aliphatic heterocycles. The molecule has 1 aromatic carbocycles. The van der Waals surface area contributed by atoms with E-state index in [0.29, 0.717) is 6.42 Å². The molecule has 7 heteroatoms. The first-order chi connectivity index (χ1) is 11.3. The Morgan fingerprint density at radius 2 is 2.00 bits per heavy atom. The van der Waals surface area contributed by atoms with E-state index in [9.17, 15) is 18.0 Å². The van der Waals surface area contributed by atoms with Crippen molar-refractivity contribution in [1.29, 1.82) is 0 Å². The van der Waals surface area contributed by atoms with Crippen molar-refractivity contribution in [3.8, 4) is 5.75 Å². The van der Waals surface area contributed by atoms with Gasteiger partial charge < -0.3 is 15.0 Å². The second-order valence-electron chi connectivity index (χ2n) is 5.70. The van der Waals surface area contributed by atoms with Crippen molar-refractivity contribution in [1.82, 2.24) is 10.2 Å². The SMILES string of the molecule is CCCCOc1cccc(CCNCC(=O)N(C)C)c1C(F)(F)F. The Morgan fingerprint density at radius 3 is 2.58 bits per heavy atom. The van der Waals surface area contributed by atoms with Crippen LogP contribution in [-0.4, -0.2) is 44.6 Å². The molecule has 0 spiro atoms. The van der Waals surface area contributed by atoms with E-state index in [1.807, 2.05) is 6.92 Å². The van der Waals surface area contributed by atoms with E-state index in [-0.39, 0.29) is 43.3 Å². The number of hydrogen-bond acceptors (Lipinski definition) is 3. The topological polar surface area (TPSA) is 41.6 Å². The Hall–Kier alpha value is -1.76. The predicted octanol–water partition coefficient (Wildman–Crippen LogP) is 3.10. The third-order valence-corrected chi connectivity index (χ3v) is 3.50. The van der Waals surface area contributed by atoms with E-state index in [0.717, 1.165) is 6.42 Å². The highest BCUT2D eigenvalue weighted by molar-refractivity contribution is 5.77. The largest absolute Gasteiger partial charge is 0.493 e. The van der Waals surface area contributed by atoms with Gasteiger partial charge in [-0.05, 0) is 31.0 Å². The van der Waals surface area contributed by atoms with Gasteiger partial charge in [0, 0.05) is 14.1 Å². The number of carbonyl (C=O) groups is 1. The van der Waals surface area contributed by atoms with Crippen molar-refractivity contribution in [2.75, 3.05) is 33.8 Å². The minimum Gasteiger partial charge on any atom is -0.493 e. The number of nitrogens with zero attached hydrogens (tertiary/aromatic N) is 1. The smallest absolute Gasteiger partial charge is 0.420 e. The summed E-state index contributed by atoms with van der Waals surface area (Å²) in [7, 11) is 3.26. The molecular formula is C17H25F3N2O2. The molecule has 0 bridgehead atoms. The number of carbonyl (C=O) groups excluding carboxylic acids is 1. The number of hydrogen-bond donors (Lipinski definition) is 1. The molecule has 0 aromatic heterocycles. The van der Waals surface area contributed by atoms with E-state index in [1.54, 1.807) is 20.2 Å². The Bertz CT molecular complexity index is 531. The van der Waals surface area contributed by atoms with Gasteiger partial charge in [-0.3, -0.25) is 4.79 Å². The molecule has 1 aromatic rings. The zero-order valence-corrected chi connectivity index (χ0v) is 14.4. The minimum atomic E-state index is -4.47. The van der Waals surface area contributed by atoms with Crippen LogP contribution in [0.4, 0.5) is 13.2 Å². The van der Waals surface area contributed by atoms with Crippen LogP contribution in [0.25, 0.3) is 0 Å². The zero-order chi connectivity index (χ0) is 18.2. The van der Waals surface area contributed by atoms with Crippen molar-refractivity contribution in [3.63, 3.8) is 0 Å². The summed E-state index contributed by atoms with van der Waals surface area (Å²) in [5, 5.41) is 2.87. The molecule has 4 nitrogen and oxygen atoms in total. The summed E-state index contributed by atoms with van der Waals surface area (Å²) in [6.45, 7) is 2.59. The molecular weight excluding hydrogens is 321 g/mol. The van der Waals surface area contributed by atoms with Gasteiger partial charge in [-0.25, -0.2) is 0 Å². The van der Waals surface area contributed by atoms with Crippen molar-refractivity contribution < 1.29 is 22.7 Å². The summed E-state index contributed by atoms with van der Waals surface area (Å²) >= 11 is 0. The molecule has 1 amide bonds. The van der Waals surface area contributed by atoms with Gasteiger partial charge in [0.25, 0.3) is 0 Å². The van der Waals surface area contributed by atoms with Crippen molar-refractivity contribution >= 4 is 5.91 Å². The van der Waals surface area contributed by atoms with Crippen LogP contribution in [0.15, 0.2) is 18.2 Å². The predicted molar refractivity (Wildman–Crippen MR) is 87.1 cm³/mol. The lowest BCUT2D eigenvalue weighted by Crippen LogP contribution is -2.34. The maximum absolute atomic E-state index is 13.4. The summed E-state index contributed by atoms with van der Waals surface area (Å²) in [6.07, 6.45) is -2.75. The minimum absolute atomic E-state index is 0.0983. The number of halogens is 3. The van der Waals surface area contributed by atoms with Crippen LogP contribution >= 0.6 is 0 Å². The Morgan fingerprint density at radius 1 is 1.29 bits per heavy atom. The number of benzene rings is 1. The lowest BCUT2D eigenvalue weighted by atomic mass is 10.0. The number of unbranched alkanes of at least 4 members (excludes halogenated alkanes) is 1. The van der Waals surface area contributed by atoms with Crippen molar-refractivity contribution in [2.24, 2.45) is 0 Å². The average molecular weight is 346 g/mol. The summed E-state index contributed by atoms with van der Waals surface area (Å²) in [4.78, 5) is 12.9. The fourth-order valence-corrected chi connectivity index (χ4v) is 2.13. The fraction of sp³-hybridized carbons (Fsp3) is 0.588. The van der Waals surface area contributed by atoms with Gasteiger partial charge in [0.15, 0.2) is 0 Å². The molecule has 0 saturated carbocycles. The van der Waals surface area contributed by atoms with Gasteiger partial charge in [0.05, 0.1) is 13.2 Å². The molecule has 0 aliphatic rings. The summed E-state index contributed by atoms with van der Waals surface area (Å²) in [5.74, 6) is -0.250. The second-order valence-corrected chi connectivity index (χ2v) is 5.70. The lowest BCUT2D eigenvalue weighted by molar-refractivity contribution is -0.139. The van der Waals surface area contributed by atoms with Crippen LogP contribution in [0.5, 0.6) is 5.75 Å². The molecule has 24 heavy (non-hydrogen) atoms. The number of likely N-dealkylation sites (N-methyl/N-ethyl adjacent to an activating group) is 1. The second kappa shape index (κ2) is 9.52. The van der Waals surface area contributed by atoms with Crippen molar-refractivity contribution in [2.45, 2.75) is 32.4 Å². The Labute approximate surface area is 141 Å². The fourth-order valence-electron chi connectivity index (χ4n) is 2.13. The van der Waals surface area contributed by atoms with E-state index < -0.39 is 11.7 Å². The zero-order valence-electron chi connectivity index (χ0n) is 14.4. The summed E-state index contributed by atoms with van der Waals surface area (Å²) in [5.41, 5.74) is -0.553. The molecule has 0 saturated heterocycles. The molecule has 136 valence electrons. The number of amides is 1. The third kappa shape index (κ3) is 6.39. The Kier molecular flexibility index (Phi) is 8.04. The van der Waals surface area contributed by atoms with Gasteiger partial charge in [-0.2, -0.15) is 13.2 Å². The molecule has 0 atom stereocenters. The highest BCUT2D eigenvalue weighted by Gasteiger charge is 2.36. The number of ether oxygens (including phenoxy) is 1. The maximum Gasteiger partial charge on any atom is 0.420 e. The molecule has 1 N–H and O–H groups in total. The van der Waals surface area contributed by atoms with E-state index in [4.69, 9.17) is 4.74 Å². The standard InChI is InChI=1S/C17H25F3N2O2/c1-4-5-11-24-14-8-6-7-13(16(14)17(18,19)20)9-10-21-12-15(23)22(2)3/h6-8,21H,4-5,9-12H2,1-3H3. The van der Waals surface area contributed by atoms with E-state index in [1.165, 1.54) is 17.0 Å². The lowest BCUT2D eigenvalue weighted by Gasteiger charge is -2.18. The average Bonchev–Trinajstić information content (AvgIpc) is 2.50. The normalized spacial score (nSPS) is 11.4. The van der Waals surface area contributed by atoms with Gasteiger partial charge in [0.1, 0.15) is 11.3 Å². The van der Waals surface area contributed by atoms with E-state index >= 15 is 0 Å². The first-order valence-electron chi connectivity index (χ1n) is 8.00. The van der Waals surface area contributed by atoms with Gasteiger partial charge >= 0.3 is 6.18 Å². The highest BCUT2D eigenvalue weighted by Crippen LogP contribution is 2.39. The van der Waals surface area contributed by atoms with Crippen LogP contribution in [-0.2, 0) is 17.4 Å². The first-order valence-corrected chi connectivity index (χ1v) is 8.00. The number of nitrogens with one attached hydrogen (secondary N) is 1. The van der Waals surface area contributed by atoms with Gasteiger partial charge in [-0.1, -0.05) is 25.5 Å². The van der Waals surface area contributed by atoms with Crippen LogP contribution in [0.2, 0.25) is 0 Å². The van der Waals surface area contributed by atoms with Crippen LogP contribution in [0.1, 0.15) is 30.9 Å². The maximum atomic E-state index is 13.4. The third-order valence-electron chi connectivity index (χ3n) is 3.50.